The van der Waals surface area contributed by atoms with Gasteiger partial charge in [0, 0.05) is 23.8 Å². The van der Waals surface area contributed by atoms with E-state index in [2.05, 4.69) is 64.6 Å². The zero-order valence-electron chi connectivity index (χ0n) is 12.4. The fourth-order valence-electron chi connectivity index (χ4n) is 2.43. The van der Waals surface area contributed by atoms with Crippen molar-refractivity contribution in [2.45, 2.75) is 32.7 Å². The van der Waals surface area contributed by atoms with Gasteiger partial charge < -0.3 is 5.32 Å². The van der Waals surface area contributed by atoms with Gasteiger partial charge in [0.25, 0.3) is 0 Å². The molecule has 1 unspecified atom stereocenters. The quantitative estimate of drug-likeness (QED) is 0.870. The van der Waals surface area contributed by atoms with Gasteiger partial charge in [-0.3, -0.25) is 4.68 Å². The molecule has 0 aliphatic heterocycles. The zero-order chi connectivity index (χ0) is 14.5. The van der Waals surface area contributed by atoms with E-state index in [1.54, 1.807) is 0 Å². The molecule has 0 spiro atoms. The second-order valence-corrected chi connectivity index (χ2v) is 6.04. The molecule has 0 bridgehead atoms. The maximum absolute atomic E-state index is 4.26. The molecule has 0 fully saturated rings. The van der Waals surface area contributed by atoms with Crippen LogP contribution in [0, 0.1) is 6.92 Å². The summed E-state index contributed by atoms with van der Waals surface area (Å²) >= 11 is 3.63. The van der Waals surface area contributed by atoms with Gasteiger partial charge in [0.05, 0.1) is 6.20 Å². The van der Waals surface area contributed by atoms with Crippen LogP contribution in [0.1, 0.15) is 36.1 Å². The maximum Gasteiger partial charge on any atom is 0.0522 e. The fraction of sp³-hybridized carbons (Fsp3) is 0.438. The second kappa shape index (κ2) is 7.04. The highest BCUT2D eigenvalue weighted by atomic mass is 79.9. The summed E-state index contributed by atoms with van der Waals surface area (Å²) in [7, 11) is 1.96. The third-order valence-corrected chi connectivity index (χ3v) is 4.38. The molecule has 3 nitrogen and oxygen atoms in total. The Labute approximate surface area is 129 Å². The number of nitrogens with zero attached hydrogens (tertiary/aromatic N) is 2. The average Bonchev–Trinajstić information content (AvgIpc) is 2.83. The number of aryl methyl sites for hydroxylation is 1. The van der Waals surface area contributed by atoms with Gasteiger partial charge in [-0.1, -0.05) is 35.0 Å². The molecule has 2 rings (SSSR count). The number of hydrogen-bond acceptors (Lipinski definition) is 2. The van der Waals surface area contributed by atoms with Crippen LogP contribution in [0.5, 0.6) is 0 Å². The molecule has 20 heavy (non-hydrogen) atoms. The van der Waals surface area contributed by atoms with Crippen molar-refractivity contribution < 1.29 is 0 Å². The van der Waals surface area contributed by atoms with Crippen molar-refractivity contribution in [3.8, 4) is 0 Å². The number of benzene rings is 1. The van der Waals surface area contributed by atoms with E-state index in [4.69, 9.17) is 0 Å². The molecule has 0 radical (unpaired) electrons. The van der Waals surface area contributed by atoms with Crippen LogP contribution >= 0.6 is 15.9 Å². The second-order valence-electron chi connectivity index (χ2n) is 5.19. The summed E-state index contributed by atoms with van der Waals surface area (Å²) in [6, 6.07) is 6.75. The molecule has 1 aromatic heterocycles. The minimum Gasteiger partial charge on any atom is -0.310 e. The molecular weight excluding hydrogens is 314 g/mol. The molecule has 2 aromatic rings. The lowest BCUT2D eigenvalue weighted by Crippen LogP contribution is -2.24. The average molecular weight is 336 g/mol. The van der Waals surface area contributed by atoms with Gasteiger partial charge in [0.15, 0.2) is 0 Å². The minimum atomic E-state index is 0.330. The number of rotatable bonds is 6. The van der Waals surface area contributed by atoms with Gasteiger partial charge in [0.2, 0.25) is 0 Å². The summed E-state index contributed by atoms with van der Waals surface area (Å²) in [4.78, 5) is 0. The van der Waals surface area contributed by atoms with Gasteiger partial charge in [-0.15, -0.1) is 0 Å². The molecular formula is C16H22BrN3. The first-order chi connectivity index (χ1) is 9.61. The molecule has 0 aliphatic carbocycles. The lowest BCUT2D eigenvalue weighted by Gasteiger charge is -2.21. The van der Waals surface area contributed by atoms with Crippen molar-refractivity contribution >= 4 is 15.9 Å². The van der Waals surface area contributed by atoms with E-state index in [-0.39, 0.29) is 0 Å². The van der Waals surface area contributed by atoms with E-state index in [1.807, 2.05) is 17.9 Å². The molecule has 0 saturated heterocycles. The van der Waals surface area contributed by atoms with E-state index in [0.29, 0.717) is 6.04 Å². The van der Waals surface area contributed by atoms with E-state index >= 15 is 0 Å². The Morgan fingerprint density at radius 2 is 2.20 bits per heavy atom. The summed E-state index contributed by atoms with van der Waals surface area (Å²) in [5.41, 5.74) is 3.93. The van der Waals surface area contributed by atoms with Crippen molar-refractivity contribution in [3.63, 3.8) is 0 Å². The number of hydrogen-bond donors (Lipinski definition) is 1. The Bertz CT molecular complexity index is 563. The first-order valence-electron chi connectivity index (χ1n) is 7.07. The molecule has 1 aromatic carbocycles. The lowest BCUT2D eigenvalue weighted by atomic mass is 9.96. The van der Waals surface area contributed by atoms with Crippen LogP contribution in [0.2, 0.25) is 0 Å². The smallest absolute Gasteiger partial charge is 0.0522 e. The summed E-state index contributed by atoms with van der Waals surface area (Å²) in [5, 5.41) is 7.92. The normalized spacial score (nSPS) is 12.6. The maximum atomic E-state index is 4.26. The van der Waals surface area contributed by atoms with E-state index < -0.39 is 0 Å². The Morgan fingerprint density at radius 1 is 1.40 bits per heavy atom. The van der Waals surface area contributed by atoms with Crippen LogP contribution in [-0.4, -0.2) is 16.3 Å². The van der Waals surface area contributed by atoms with E-state index in [1.165, 1.54) is 21.2 Å². The largest absolute Gasteiger partial charge is 0.310 e. The van der Waals surface area contributed by atoms with E-state index in [0.717, 1.165) is 19.4 Å². The highest BCUT2D eigenvalue weighted by Crippen LogP contribution is 2.26. The fourth-order valence-corrected chi connectivity index (χ4v) is 2.81. The molecule has 108 valence electrons. The Balaban J connectivity index is 2.24. The summed E-state index contributed by atoms with van der Waals surface area (Å²) in [6.45, 7) is 5.39. The Morgan fingerprint density at radius 3 is 2.85 bits per heavy atom. The summed E-state index contributed by atoms with van der Waals surface area (Å²) in [6.07, 6.45) is 6.14. The van der Waals surface area contributed by atoms with Crippen molar-refractivity contribution in [3.05, 3.63) is 51.8 Å². The Kier molecular flexibility index (Phi) is 5.38. The zero-order valence-corrected chi connectivity index (χ0v) is 13.9. The van der Waals surface area contributed by atoms with Crippen LogP contribution in [0.15, 0.2) is 35.1 Å². The highest BCUT2D eigenvalue weighted by Gasteiger charge is 2.15. The number of nitrogens with one attached hydrogen (secondary N) is 1. The van der Waals surface area contributed by atoms with Crippen molar-refractivity contribution in [2.75, 3.05) is 6.54 Å². The van der Waals surface area contributed by atoms with E-state index in [9.17, 15) is 0 Å². The first kappa shape index (κ1) is 15.3. The summed E-state index contributed by atoms with van der Waals surface area (Å²) < 4.78 is 3.03. The molecule has 4 heteroatoms. The third kappa shape index (κ3) is 3.70. The Hall–Kier alpha value is -1.13. The van der Waals surface area contributed by atoms with Crippen molar-refractivity contribution in [1.82, 2.24) is 15.1 Å². The predicted molar refractivity (Wildman–Crippen MR) is 86.8 cm³/mol. The van der Waals surface area contributed by atoms with Gasteiger partial charge in [-0.05, 0) is 49.1 Å². The molecule has 0 amide bonds. The van der Waals surface area contributed by atoms with Crippen LogP contribution in [0.3, 0.4) is 0 Å². The third-order valence-electron chi connectivity index (χ3n) is 3.52. The SMILES string of the molecule is CCCNC(Cc1cnn(C)c1)c1cccc(Br)c1C. The molecule has 1 N–H and O–H groups in total. The van der Waals surface area contributed by atoms with Gasteiger partial charge in [-0.2, -0.15) is 5.10 Å². The monoisotopic (exact) mass is 335 g/mol. The van der Waals surface area contributed by atoms with Crippen LogP contribution in [0.25, 0.3) is 0 Å². The topological polar surface area (TPSA) is 29.9 Å². The van der Waals surface area contributed by atoms with Crippen LogP contribution in [-0.2, 0) is 13.5 Å². The van der Waals surface area contributed by atoms with Crippen molar-refractivity contribution in [1.29, 1.82) is 0 Å². The van der Waals surface area contributed by atoms with Gasteiger partial charge >= 0.3 is 0 Å². The van der Waals surface area contributed by atoms with Crippen LogP contribution in [0.4, 0.5) is 0 Å². The standard InChI is InChI=1S/C16H22BrN3/c1-4-8-18-16(9-13-10-19-20(3)11-13)14-6-5-7-15(17)12(14)2/h5-7,10-11,16,18H,4,8-9H2,1-3H3. The summed E-state index contributed by atoms with van der Waals surface area (Å²) in [5.74, 6) is 0. The number of halogens is 1. The minimum absolute atomic E-state index is 0.330. The van der Waals surface area contributed by atoms with Crippen LogP contribution < -0.4 is 5.32 Å². The molecule has 1 atom stereocenters. The van der Waals surface area contributed by atoms with Gasteiger partial charge in [0.1, 0.15) is 0 Å². The number of aromatic nitrogens is 2. The highest BCUT2D eigenvalue weighted by molar-refractivity contribution is 9.10. The first-order valence-corrected chi connectivity index (χ1v) is 7.87. The van der Waals surface area contributed by atoms with Crippen molar-refractivity contribution in [2.24, 2.45) is 7.05 Å². The molecule has 0 saturated carbocycles. The molecule has 0 aliphatic rings. The lowest BCUT2D eigenvalue weighted by molar-refractivity contribution is 0.527. The van der Waals surface area contributed by atoms with Gasteiger partial charge in [-0.25, -0.2) is 0 Å². The molecule has 1 heterocycles. The predicted octanol–water partition coefficient (Wildman–Crippen LogP) is 3.77.